The van der Waals surface area contributed by atoms with Gasteiger partial charge in [0, 0.05) is 40.5 Å². The molecule has 0 amide bonds. The molecule has 2 aromatic rings. The third-order valence-corrected chi connectivity index (χ3v) is 3.79. The van der Waals surface area contributed by atoms with E-state index < -0.39 is 0 Å². The van der Waals surface area contributed by atoms with Gasteiger partial charge >= 0.3 is 0 Å². The largest absolute Gasteiger partial charge is 0.339 e. The summed E-state index contributed by atoms with van der Waals surface area (Å²) in [5.41, 5.74) is 2.78. The van der Waals surface area contributed by atoms with Crippen molar-refractivity contribution in [2.24, 2.45) is 0 Å². The average molecular weight is 438 g/mol. The fourth-order valence-electron chi connectivity index (χ4n) is 2.53. The van der Waals surface area contributed by atoms with Gasteiger partial charge in [0.05, 0.1) is 12.4 Å². The molecule has 3 heteroatoms. The predicted octanol–water partition coefficient (Wildman–Crippen LogP) is 3.69. The zero-order chi connectivity index (χ0) is 13.7. The van der Waals surface area contributed by atoms with Gasteiger partial charge in [-0.05, 0) is 42.4 Å². The summed E-state index contributed by atoms with van der Waals surface area (Å²) >= 11 is 0. The molecular weight excluding hydrogens is 416 g/mol. The second kappa shape index (κ2) is 8.21. The fourth-order valence-corrected chi connectivity index (χ4v) is 2.53. The first kappa shape index (κ1) is 16.9. The van der Waals surface area contributed by atoms with Crippen molar-refractivity contribution in [3.05, 3.63) is 67.2 Å². The van der Waals surface area contributed by atoms with Crippen LogP contribution in [0.4, 0.5) is 0 Å². The summed E-state index contributed by atoms with van der Waals surface area (Å²) in [4.78, 5) is 4.09. The van der Waals surface area contributed by atoms with Crippen LogP contribution in [-0.2, 0) is 21.1 Å². The van der Waals surface area contributed by atoms with Crippen LogP contribution in [0.1, 0.15) is 49.7 Å². The Morgan fingerprint density at radius 3 is 2.25 bits per heavy atom. The summed E-state index contributed by atoms with van der Waals surface area (Å²) in [6.45, 7) is 4.55. The molecule has 0 aromatic carbocycles. The van der Waals surface area contributed by atoms with Crippen LogP contribution in [0.2, 0.25) is 0 Å². The second-order valence-electron chi connectivity index (χ2n) is 5.17. The third kappa shape index (κ3) is 4.45. The zero-order valence-corrected chi connectivity index (χ0v) is 15.1. The van der Waals surface area contributed by atoms with Crippen LogP contribution in [-0.4, -0.2) is 4.98 Å². The quantitative estimate of drug-likeness (QED) is 0.514. The van der Waals surface area contributed by atoms with Crippen LogP contribution >= 0.6 is 0 Å². The van der Waals surface area contributed by atoms with Crippen LogP contribution < -0.4 is 4.57 Å². The minimum Gasteiger partial charge on any atom is -0.339 e. The van der Waals surface area contributed by atoms with E-state index in [4.69, 9.17) is 0 Å². The maximum atomic E-state index is 4.09. The van der Waals surface area contributed by atoms with Crippen molar-refractivity contribution in [2.45, 2.75) is 38.5 Å². The molecule has 0 saturated carbocycles. The minimum atomic E-state index is 0. The molecule has 2 aromatic heterocycles. The SMILES string of the molecule is [CH2-][n+]1ccc(C(CC)CC(C)c2ccncc2)cc1.[W]. The Bertz CT molecular complexity index is 496. The molecule has 2 nitrogen and oxygen atoms in total. The van der Waals surface area contributed by atoms with Crippen molar-refractivity contribution in [3.63, 3.8) is 0 Å². The summed E-state index contributed by atoms with van der Waals surface area (Å²) < 4.78 is 1.84. The molecule has 2 unspecified atom stereocenters. The van der Waals surface area contributed by atoms with E-state index in [-0.39, 0.29) is 21.1 Å². The van der Waals surface area contributed by atoms with Crippen molar-refractivity contribution >= 4 is 0 Å². The Balaban J connectivity index is 0.00000200. The van der Waals surface area contributed by atoms with Gasteiger partial charge in [-0.15, -0.1) is 0 Å². The van der Waals surface area contributed by atoms with Gasteiger partial charge in [0.2, 0.25) is 0 Å². The van der Waals surface area contributed by atoms with E-state index in [1.165, 1.54) is 17.5 Å². The van der Waals surface area contributed by atoms with Crippen LogP contribution in [0.3, 0.4) is 0 Å². The molecule has 2 rings (SSSR count). The Morgan fingerprint density at radius 1 is 1.10 bits per heavy atom. The van der Waals surface area contributed by atoms with E-state index in [1.54, 1.807) is 0 Å². The summed E-state index contributed by atoms with van der Waals surface area (Å²) in [5.74, 6) is 1.16. The minimum absolute atomic E-state index is 0. The maximum Gasteiger partial charge on any atom is 0.0692 e. The van der Waals surface area contributed by atoms with E-state index in [0.717, 1.165) is 6.42 Å². The topological polar surface area (TPSA) is 16.8 Å². The first-order valence-electron chi connectivity index (χ1n) is 6.92. The van der Waals surface area contributed by atoms with Crippen molar-refractivity contribution in [1.29, 1.82) is 0 Å². The first-order chi connectivity index (χ1) is 9.20. The van der Waals surface area contributed by atoms with Crippen LogP contribution in [0, 0.1) is 7.05 Å². The number of aromatic nitrogens is 2. The van der Waals surface area contributed by atoms with E-state index in [1.807, 2.05) is 29.4 Å². The van der Waals surface area contributed by atoms with Crippen LogP contribution in [0.15, 0.2) is 49.1 Å². The Kier molecular flexibility index (Phi) is 6.95. The molecular formula is C17H22N2W. The van der Waals surface area contributed by atoms with Crippen molar-refractivity contribution in [1.82, 2.24) is 4.98 Å². The van der Waals surface area contributed by atoms with Gasteiger partial charge in [-0.1, -0.05) is 31.5 Å². The van der Waals surface area contributed by atoms with E-state index in [0.29, 0.717) is 11.8 Å². The first-order valence-corrected chi connectivity index (χ1v) is 6.92. The van der Waals surface area contributed by atoms with Crippen molar-refractivity contribution in [3.8, 4) is 0 Å². The molecule has 20 heavy (non-hydrogen) atoms. The molecule has 106 valence electrons. The molecule has 0 aliphatic heterocycles. The Morgan fingerprint density at radius 2 is 1.70 bits per heavy atom. The van der Waals surface area contributed by atoms with Gasteiger partial charge in [-0.3, -0.25) is 4.98 Å². The van der Waals surface area contributed by atoms with Gasteiger partial charge in [0.25, 0.3) is 0 Å². The van der Waals surface area contributed by atoms with E-state index in [2.05, 4.69) is 50.1 Å². The van der Waals surface area contributed by atoms with Gasteiger partial charge in [0.15, 0.2) is 0 Å². The molecule has 0 bridgehead atoms. The second-order valence-corrected chi connectivity index (χ2v) is 5.17. The van der Waals surface area contributed by atoms with Gasteiger partial charge in [-0.2, -0.15) is 0 Å². The maximum absolute atomic E-state index is 4.09. The fraction of sp³-hybridized carbons (Fsp3) is 0.353. The molecule has 0 spiro atoms. The predicted molar refractivity (Wildman–Crippen MR) is 77.7 cm³/mol. The molecule has 0 saturated heterocycles. The molecule has 0 N–H and O–H groups in total. The zero-order valence-electron chi connectivity index (χ0n) is 12.2. The number of nitrogens with zero attached hydrogens (tertiary/aromatic N) is 2. The van der Waals surface area contributed by atoms with Crippen LogP contribution in [0.25, 0.3) is 0 Å². The number of rotatable bonds is 5. The summed E-state index contributed by atoms with van der Waals surface area (Å²) in [5, 5.41) is 0. The summed E-state index contributed by atoms with van der Waals surface area (Å²) in [6.07, 6.45) is 10.1. The molecule has 0 radical (unpaired) electrons. The molecule has 0 aliphatic carbocycles. The van der Waals surface area contributed by atoms with Crippen LogP contribution in [0.5, 0.6) is 0 Å². The smallest absolute Gasteiger partial charge is 0.0692 e. The van der Waals surface area contributed by atoms with Crippen molar-refractivity contribution in [2.75, 3.05) is 0 Å². The van der Waals surface area contributed by atoms with E-state index >= 15 is 0 Å². The number of pyridine rings is 2. The number of hydrogen-bond acceptors (Lipinski definition) is 1. The monoisotopic (exact) mass is 438 g/mol. The number of hydrogen-bond donors (Lipinski definition) is 0. The van der Waals surface area contributed by atoms with E-state index in [9.17, 15) is 0 Å². The summed E-state index contributed by atoms with van der Waals surface area (Å²) in [6, 6.07) is 8.60. The van der Waals surface area contributed by atoms with Crippen molar-refractivity contribution < 1.29 is 25.6 Å². The molecule has 2 heterocycles. The van der Waals surface area contributed by atoms with Gasteiger partial charge < -0.3 is 4.57 Å². The molecule has 2 atom stereocenters. The molecule has 0 fully saturated rings. The standard InChI is InChI=1S/C17H22N2.W/c1-4-15(17-7-11-19(3)12-8-17)13-14(2)16-5-9-18-10-6-16;/h5-12,14-15H,3-4,13H2,1-2H3;. The average Bonchev–Trinajstić information content (AvgIpc) is 2.46. The van der Waals surface area contributed by atoms with Gasteiger partial charge in [-0.25, -0.2) is 0 Å². The Hall–Kier alpha value is -1.14. The Labute approximate surface area is 136 Å². The molecule has 0 aliphatic rings. The van der Waals surface area contributed by atoms with Gasteiger partial charge in [0.1, 0.15) is 0 Å². The third-order valence-electron chi connectivity index (χ3n) is 3.79. The normalized spacial score (nSPS) is 13.3. The summed E-state index contributed by atoms with van der Waals surface area (Å²) in [7, 11) is 3.87.